The maximum absolute atomic E-state index is 10.6. The Morgan fingerprint density at radius 3 is 2.25 bits per heavy atom. The molecule has 0 rings (SSSR count). The van der Waals surface area contributed by atoms with Gasteiger partial charge in [0.1, 0.15) is 0 Å². The summed E-state index contributed by atoms with van der Waals surface area (Å²) in [5.41, 5.74) is 10.6. The largest absolute Gasteiger partial charge is 0.370 e. The van der Waals surface area contributed by atoms with Crippen LogP contribution in [0.4, 0.5) is 0 Å². The normalized spacial score (nSPS) is 13.8. The van der Waals surface area contributed by atoms with Crippen LogP contribution in [-0.4, -0.2) is 36.5 Å². The molecule has 72 valence electrons. The van der Waals surface area contributed by atoms with Gasteiger partial charge in [-0.15, -0.1) is 0 Å². The highest BCUT2D eigenvalue weighted by Gasteiger charge is 2.17. The Balaban J connectivity index is 4.04. The fourth-order valence-corrected chi connectivity index (χ4v) is 1.05. The molecular weight excluding hydrogens is 154 g/mol. The molecule has 0 heterocycles. The van der Waals surface area contributed by atoms with Crippen LogP contribution in [0.2, 0.25) is 0 Å². The third kappa shape index (κ3) is 3.69. The second kappa shape index (κ2) is 5.11. The van der Waals surface area contributed by atoms with E-state index in [4.69, 9.17) is 11.5 Å². The number of hydrogen-bond acceptors (Lipinski definition) is 3. The highest BCUT2D eigenvalue weighted by Crippen LogP contribution is 2.04. The molecule has 1 unspecified atom stereocenters. The molecule has 0 spiro atoms. The lowest BCUT2D eigenvalue weighted by Gasteiger charge is -2.29. The van der Waals surface area contributed by atoms with E-state index in [1.165, 1.54) is 0 Å². The second-order valence-electron chi connectivity index (χ2n) is 3.32. The van der Waals surface area contributed by atoms with Crippen molar-refractivity contribution >= 4 is 5.91 Å². The Morgan fingerprint density at radius 1 is 1.50 bits per heavy atom. The van der Waals surface area contributed by atoms with E-state index in [1.807, 2.05) is 7.05 Å². The van der Waals surface area contributed by atoms with Crippen LogP contribution < -0.4 is 11.5 Å². The molecule has 0 saturated heterocycles. The van der Waals surface area contributed by atoms with Gasteiger partial charge in [-0.2, -0.15) is 0 Å². The number of hydrogen-bond donors (Lipinski definition) is 2. The van der Waals surface area contributed by atoms with Crippen LogP contribution in [0.5, 0.6) is 0 Å². The van der Waals surface area contributed by atoms with Crippen molar-refractivity contribution in [2.45, 2.75) is 32.4 Å². The molecule has 0 aromatic heterocycles. The monoisotopic (exact) mass is 173 g/mol. The van der Waals surface area contributed by atoms with Gasteiger partial charge in [-0.05, 0) is 20.9 Å². The van der Waals surface area contributed by atoms with Crippen LogP contribution in [0.15, 0.2) is 0 Å². The van der Waals surface area contributed by atoms with Gasteiger partial charge in [0.2, 0.25) is 5.91 Å². The van der Waals surface area contributed by atoms with Crippen LogP contribution in [0.3, 0.4) is 0 Å². The first-order valence-corrected chi connectivity index (χ1v) is 4.19. The summed E-state index contributed by atoms with van der Waals surface area (Å²) < 4.78 is 0. The predicted octanol–water partition coefficient (Wildman–Crippen LogP) is -0.471. The van der Waals surface area contributed by atoms with Crippen LogP contribution >= 0.6 is 0 Å². The van der Waals surface area contributed by atoms with Crippen LogP contribution in [0.1, 0.15) is 20.3 Å². The van der Waals surface area contributed by atoms with Gasteiger partial charge in [0, 0.05) is 25.0 Å². The lowest BCUT2D eigenvalue weighted by molar-refractivity contribution is -0.119. The summed E-state index contributed by atoms with van der Waals surface area (Å²) in [6.07, 6.45) is 0.338. The SMILES string of the molecule is CC(C)N(C)C(CN)CC(N)=O. The second-order valence-corrected chi connectivity index (χ2v) is 3.32. The van der Waals surface area contributed by atoms with Crippen molar-refractivity contribution in [3.63, 3.8) is 0 Å². The molecule has 0 aromatic rings. The average Bonchev–Trinajstić information content (AvgIpc) is 1.98. The van der Waals surface area contributed by atoms with Gasteiger partial charge >= 0.3 is 0 Å². The summed E-state index contributed by atoms with van der Waals surface area (Å²) in [7, 11) is 1.95. The number of nitrogens with zero attached hydrogens (tertiary/aromatic N) is 1. The Morgan fingerprint density at radius 2 is 2.00 bits per heavy atom. The Kier molecular flexibility index (Phi) is 4.85. The molecule has 0 fully saturated rings. The molecule has 0 aliphatic rings. The Bertz CT molecular complexity index is 147. The molecule has 4 N–H and O–H groups in total. The zero-order chi connectivity index (χ0) is 9.72. The van der Waals surface area contributed by atoms with Gasteiger partial charge in [-0.25, -0.2) is 0 Å². The minimum Gasteiger partial charge on any atom is -0.370 e. The molecule has 4 heteroatoms. The maximum Gasteiger partial charge on any atom is 0.219 e. The van der Waals surface area contributed by atoms with Crippen molar-refractivity contribution in [1.82, 2.24) is 4.90 Å². The highest BCUT2D eigenvalue weighted by molar-refractivity contribution is 5.74. The van der Waals surface area contributed by atoms with E-state index in [1.54, 1.807) is 0 Å². The van der Waals surface area contributed by atoms with Crippen molar-refractivity contribution in [2.24, 2.45) is 11.5 Å². The molecule has 0 saturated carbocycles. The Labute approximate surface area is 73.9 Å². The fraction of sp³-hybridized carbons (Fsp3) is 0.875. The van der Waals surface area contributed by atoms with E-state index < -0.39 is 0 Å². The lowest BCUT2D eigenvalue weighted by Crippen LogP contribution is -2.44. The minimum atomic E-state index is -0.294. The fourth-order valence-electron chi connectivity index (χ4n) is 1.05. The zero-order valence-electron chi connectivity index (χ0n) is 8.08. The first kappa shape index (κ1) is 11.4. The average molecular weight is 173 g/mol. The van der Waals surface area contributed by atoms with E-state index in [0.29, 0.717) is 19.0 Å². The van der Waals surface area contributed by atoms with Gasteiger partial charge in [-0.1, -0.05) is 0 Å². The third-order valence-corrected chi connectivity index (χ3v) is 2.10. The number of amides is 1. The Hall–Kier alpha value is -0.610. The van der Waals surface area contributed by atoms with Crippen molar-refractivity contribution in [2.75, 3.05) is 13.6 Å². The van der Waals surface area contributed by atoms with Crippen LogP contribution in [-0.2, 0) is 4.79 Å². The van der Waals surface area contributed by atoms with Gasteiger partial charge in [0.05, 0.1) is 0 Å². The number of carbonyl (C=O) groups excluding carboxylic acids is 1. The number of nitrogens with two attached hydrogens (primary N) is 2. The van der Waals surface area contributed by atoms with Crippen LogP contribution in [0.25, 0.3) is 0 Å². The predicted molar refractivity (Wildman–Crippen MR) is 49.6 cm³/mol. The molecule has 0 aliphatic heterocycles. The summed E-state index contributed by atoms with van der Waals surface area (Å²) >= 11 is 0. The molecule has 0 aromatic carbocycles. The number of primary amides is 1. The topological polar surface area (TPSA) is 72.3 Å². The number of rotatable bonds is 5. The van der Waals surface area contributed by atoms with Crippen molar-refractivity contribution in [3.05, 3.63) is 0 Å². The molecule has 0 radical (unpaired) electrons. The third-order valence-electron chi connectivity index (χ3n) is 2.10. The minimum absolute atomic E-state index is 0.0718. The molecule has 12 heavy (non-hydrogen) atoms. The van der Waals surface area contributed by atoms with Gasteiger partial charge < -0.3 is 11.5 Å². The van der Waals surface area contributed by atoms with Crippen molar-refractivity contribution in [1.29, 1.82) is 0 Å². The molecule has 0 bridgehead atoms. The highest BCUT2D eigenvalue weighted by atomic mass is 16.1. The van der Waals surface area contributed by atoms with E-state index in [-0.39, 0.29) is 11.9 Å². The summed E-state index contributed by atoms with van der Waals surface area (Å²) in [5, 5.41) is 0. The van der Waals surface area contributed by atoms with E-state index in [9.17, 15) is 4.79 Å². The number of likely N-dealkylation sites (N-methyl/N-ethyl adjacent to an activating group) is 1. The van der Waals surface area contributed by atoms with E-state index >= 15 is 0 Å². The zero-order valence-corrected chi connectivity index (χ0v) is 8.08. The maximum atomic E-state index is 10.6. The molecule has 1 atom stereocenters. The lowest BCUT2D eigenvalue weighted by atomic mass is 10.1. The van der Waals surface area contributed by atoms with Gasteiger partial charge in [0.25, 0.3) is 0 Å². The molecular formula is C8H19N3O. The van der Waals surface area contributed by atoms with Gasteiger partial charge in [-0.3, -0.25) is 9.69 Å². The summed E-state index contributed by atoms with van der Waals surface area (Å²) in [5.74, 6) is -0.294. The summed E-state index contributed by atoms with van der Waals surface area (Å²) in [4.78, 5) is 12.7. The number of carbonyl (C=O) groups is 1. The summed E-state index contributed by atoms with van der Waals surface area (Å²) in [6, 6.07) is 0.459. The van der Waals surface area contributed by atoms with Crippen molar-refractivity contribution < 1.29 is 4.79 Å². The van der Waals surface area contributed by atoms with Gasteiger partial charge in [0.15, 0.2) is 0 Å². The smallest absolute Gasteiger partial charge is 0.219 e. The standard InChI is InChI=1S/C8H19N3O/c1-6(2)11(3)7(5-9)4-8(10)12/h6-7H,4-5,9H2,1-3H3,(H2,10,12). The first-order chi connectivity index (χ1) is 5.49. The van der Waals surface area contributed by atoms with E-state index in [2.05, 4.69) is 18.7 Å². The first-order valence-electron chi connectivity index (χ1n) is 4.19. The molecule has 1 amide bonds. The quantitative estimate of drug-likeness (QED) is 0.590. The molecule has 0 aliphatic carbocycles. The van der Waals surface area contributed by atoms with E-state index in [0.717, 1.165) is 0 Å². The van der Waals surface area contributed by atoms with Crippen molar-refractivity contribution in [3.8, 4) is 0 Å². The van der Waals surface area contributed by atoms with Crippen LogP contribution in [0, 0.1) is 0 Å². The summed E-state index contributed by atoms with van der Waals surface area (Å²) in [6.45, 7) is 4.59. The molecule has 4 nitrogen and oxygen atoms in total.